The van der Waals surface area contributed by atoms with E-state index in [-0.39, 0.29) is 0 Å². The van der Waals surface area contributed by atoms with E-state index in [1.807, 2.05) is 0 Å². The molecule has 1 aliphatic carbocycles. The van der Waals surface area contributed by atoms with E-state index in [0.29, 0.717) is 5.92 Å². The SMILES string of the molecule is CCCCCC(C)C(C)C1C=CC(C)=CC1C. The highest BCUT2D eigenvalue weighted by atomic mass is 14.3. The van der Waals surface area contributed by atoms with Crippen molar-refractivity contribution < 1.29 is 0 Å². The fraction of sp³-hybridized carbons (Fsp3) is 0.765. The highest BCUT2D eigenvalue weighted by Gasteiger charge is 2.25. The minimum absolute atomic E-state index is 0.712. The van der Waals surface area contributed by atoms with Gasteiger partial charge >= 0.3 is 0 Å². The Morgan fingerprint density at radius 3 is 2.53 bits per heavy atom. The van der Waals surface area contributed by atoms with E-state index in [4.69, 9.17) is 0 Å². The van der Waals surface area contributed by atoms with Crippen LogP contribution in [0.3, 0.4) is 0 Å². The molecule has 1 aliphatic rings. The van der Waals surface area contributed by atoms with Crippen LogP contribution < -0.4 is 0 Å². The second-order valence-corrected chi connectivity index (χ2v) is 6.04. The van der Waals surface area contributed by atoms with Crippen LogP contribution in [0.2, 0.25) is 0 Å². The zero-order valence-corrected chi connectivity index (χ0v) is 12.4. The van der Waals surface area contributed by atoms with Gasteiger partial charge in [-0.05, 0) is 30.6 Å². The minimum atomic E-state index is 0.712. The summed E-state index contributed by atoms with van der Waals surface area (Å²) in [6, 6.07) is 0. The van der Waals surface area contributed by atoms with Crippen LogP contribution in [-0.2, 0) is 0 Å². The molecule has 0 amide bonds. The van der Waals surface area contributed by atoms with E-state index >= 15 is 0 Å². The lowest BCUT2D eigenvalue weighted by Gasteiger charge is -2.32. The van der Waals surface area contributed by atoms with Crippen molar-refractivity contribution in [2.45, 2.75) is 60.3 Å². The first-order valence-corrected chi connectivity index (χ1v) is 7.42. The molecule has 0 nitrogen and oxygen atoms in total. The predicted octanol–water partition coefficient (Wildman–Crippen LogP) is 5.61. The molecular formula is C17H30. The molecule has 0 aromatic heterocycles. The van der Waals surface area contributed by atoms with Crippen molar-refractivity contribution in [2.75, 3.05) is 0 Å². The molecule has 98 valence electrons. The van der Waals surface area contributed by atoms with Gasteiger partial charge in [0, 0.05) is 0 Å². The lowest BCUT2D eigenvalue weighted by Crippen LogP contribution is -2.24. The summed E-state index contributed by atoms with van der Waals surface area (Å²) in [4.78, 5) is 0. The number of rotatable bonds is 6. The van der Waals surface area contributed by atoms with Crippen LogP contribution >= 0.6 is 0 Å². The van der Waals surface area contributed by atoms with Gasteiger partial charge in [0.15, 0.2) is 0 Å². The van der Waals surface area contributed by atoms with E-state index in [2.05, 4.69) is 52.8 Å². The molecule has 4 unspecified atom stereocenters. The summed E-state index contributed by atoms with van der Waals surface area (Å²) >= 11 is 0. The molecule has 0 bridgehead atoms. The Balaban J connectivity index is 2.47. The molecule has 0 spiro atoms. The van der Waals surface area contributed by atoms with Gasteiger partial charge in [0.25, 0.3) is 0 Å². The first-order chi connectivity index (χ1) is 8.06. The van der Waals surface area contributed by atoms with Crippen molar-refractivity contribution >= 4 is 0 Å². The van der Waals surface area contributed by atoms with E-state index in [9.17, 15) is 0 Å². The largest absolute Gasteiger partial charge is 0.0803 e. The third kappa shape index (κ3) is 4.33. The molecule has 0 saturated heterocycles. The molecule has 0 radical (unpaired) electrons. The van der Waals surface area contributed by atoms with E-state index < -0.39 is 0 Å². The predicted molar refractivity (Wildman–Crippen MR) is 78.0 cm³/mol. The summed E-state index contributed by atoms with van der Waals surface area (Å²) in [5.41, 5.74) is 1.43. The van der Waals surface area contributed by atoms with Gasteiger partial charge in [0.1, 0.15) is 0 Å². The normalized spacial score (nSPS) is 27.7. The summed E-state index contributed by atoms with van der Waals surface area (Å²) in [5.74, 6) is 3.12. The van der Waals surface area contributed by atoms with Gasteiger partial charge in [-0.3, -0.25) is 0 Å². The molecule has 0 aromatic rings. The van der Waals surface area contributed by atoms with Gasteiger partial charge in [-0.2, -0.15) is 0 Å². The molecule has 17 heavy (non-hydrogen) atoms. The molecule has 0 saturated carbocycles. The fourth-order valence-corrected chi connectivity index (χ4v) is 3.03. The van der Waals surface area contributed by atoms with Crippen LogP contribution in [0.4, 0.5) is 0 Å². The maximum Gasteiger partial charge on any atom is -0.0141 e. The van der Waals surface area contributed by atoms with Crippen LogP contribution in [0.25, 0.3) is 0 Å². The van der Waals surface area contributed by atoms with Gasteiger partial charge in [0.2, 0.25) is 0 Å². The van der Waals surface area contributed by atoms with E-state index in [1.165, 1.54) is 31.3 Å². The van der Waals surface area contributed by atoms with Gasteiger partial charge < -0.3 is 0 Å². The zero-order chi connectivity index (χ0) is 12.8. The monoisotopic (exact) mass is 234 g/mol. The van der Waals surface area contributed by atoms with Crippen molar-refractivity contribution in [2.24, 2.45) is 23.7 Å². The molecule has 1 rings (SSSR count). The zero-order valence-electron chi connectivity index (χ0n) is 12.4. The molecule has 0 heterocycles. The Morgan fingerprint density at radius 1 is 1.24 bits per heavy atom. The summed E-state index contributed by atoms with van der Waals surface area (Å²) in [6.45, 7) is 11.7. The highest BCUT2D eigenvalue weighted by Crippen LogP contribution is 2.34. The highest BCUT2D eigenvalue weighted by molar-refractivity contribution is 5.23. The average molecular weight is 234 g/mol. The third-order valence-electron chi connectivity index (χ3n) is 4.48. The third-order valence-corrected chi connectivity index (χ3v) is 4.48. The Hall–Kier alpha value is -0.520. The van der Waals surface area contributed by atoms with Crippen molar-refractivity contribution in [1.82, 2.24) is 0 Å². The van der Waals surface area contributed by atoms with Crippen LogP contribution in [0, 0.1) is 23.7 Å². The lowest BCUT2D eigenvalue weighted by atomic mass is 9.73. The Morgan fingerprint density at radius 2 is 1.94 bits per heavy atom. The Kier molecular flexibility index (Phi) is 6.02. The average Bonchev–Trinajstić information content (AvgIpc) is 2.28. The van der Waals surface area contributed by atoms with Gasteiger partial charge in [-0.15, -0.1) is 0 Å². The van der Waals surface area contributed by atoms with Gasteiger partial charge in [0.05, 0.1) is 0 Å². The van der Waals surface area contributed by atoms with Crippen LogP contribution in [0.15, 0.2) is 23.8 Å². The molecule has 0 fully saturated rings. The standard InChI is InChI=1S/C17H30/c1-6-7-8-9-14(3)16(5)17-11-10-13(2)12-15(17)4/h10-12,14-17H,6-9H2,1-5H3. The number of hydrogen-bond acceptors (Lipinski definition) is 0. The summed E-state index contributed by atoms with van der Waals surface area (Å²) in [7, 11) is 0. The first kappa shape index (κ1) is 14.5. The van der Waals surface area contributed by atoms with Crippen molar-refractivity contribution in [3.8, 4) is 0 Å². The van der Waals surface area contributed by atoms with Gasteiger partial charge in [-0.25, -0.2) is 0 Å². The van der Waals surface area contributed by atoms with Crippen molar-refractivity contribution in [3.05, 3.63) is 23.8 Å². The fourth-order valence-electron chi connectivity index (χ4n) is 3.03. The number of allylic oxidation sites excluding steroid dienone is 4. The summed E-state index contributed by atoms with van der Waals surface area (Å²) in [6.07, 6.45) is 12.7. The number of unbranched alkanes of at least 4 members (excludes halogenated alkanes) is 2. The number of hydrogen-bond donors (Lipinski definition) is 0. The van der Waals surface area contributed by atoms with E-state index in [0.717, 1.165) is 17.8 Å². The quantitative estimate of drug-likeness (QED) is 0.524. The topological polar surface area (TPSA) is 0 Å². The minimum Gasteiger partial charge on any atom is -0.0803 e. The van der Waals surface area contributed by atoms with Crippen LogP contribution in [0.1, 0.15) is 60.3 Å². The Labute approximate surface area is 108 Å². The lowest BCUT2D eigenvalue weighted by molar-refractivity contribution is 0.247. The molecule has 0 aliphatic heterocycles. The van der Waals surface area contributed by atoms with E-state index in [1.54, 1.807) is 0 Å². The van der Waals surface area contributed by atoms with Crippen LogP contribution in [-0.4, -0.2) is 0 Å². The molecule has 0 heteroatoms. The maximum atomic E-state index is 2.45. The smallest absolute Gasteiger partial charge is 0.0141 e. The Bertz CT molecular complexity index is 272. The van der Waals surface area contributed by atoms with Crippen molar-refractivity contribution in [1.29, 1.82) is 0 Å². The first-order valence-electron chi connectivity index (χ1n) is 7.42. The molecular weight excluding hydrogens is 204 g/mol. The second-order valence-electron chi connectivity index (χ2n) is 6.04. The summed E-state index contributed by atoms with van der Waals surface area (Å²) < 4.78 is 0. The molecule has 4 atom stereocenters. The van der Waals surface area contributed by atoms with Crippen LogP contribution in [0.5, 0.6) is 0 Å². The van der Waals surface area contributed by atoms with Crippen molar-refractivity contribution in [3.63, 3.8) is 0 Å². The molecule has 0 N–H and O–H groups in total. The molecule has 0 aromatic carbocycles. The second kappa shape index (κ2) is 7.03. The maximum absolute atomic E-state index is 2.45. The summed E-state index contributed by atoms with van der Waals surface area (Å²) in [5, 5.41) is 0. The van der Waals surface area contributed by atoms with Gasteiger partial charge in [-0.1, -0.05) is 77.2 Å².